The standard InChI is InChI=1S/C22H30N4O2/c1-16-7-5-6-10-19(16)23-22(27)18-11-13-26(14-12-18)15-20-24-21(25-28-20)17-8-3-2-4-9-17/h2-4,8-9,16,18-19H,5-7,10-15H2,1H3,(H,23,27)/t16-,19-/m0/s1. The molecule has 1 aromatic heterocycles. The molecule has 0 spiro atoms. The summed E-state index contributed by atoms with van der Waals surface area (Å²) in [5, 5.41) is 7.42. The molecule has 2 fully saturated rings. The predicted octanol–water partition coefficient (Wildman–Crippen LogP) is 3.64. The number of carbonyl (C=O) groups is 1. The Bertz CT molecular complexity index is 768. The Morgan fingerprint density at radius 1 is 1.14 bits per heavy atom. The zero-order chi connectivity index (χ0) is 19.3. The van der Waals surface area contributed by atoms with Crippen LogP contribution in [-0.4, -0.2) is 40.1 Å². The molecule has 0 unspecified atom stereocenters. The maximum atomic E-state index is 12.7. The van der Waals surface area contributed by atoms with E-state index in [1.807, 2.05) is 30.3 Å². The van der Waals surface area contributed by atoms with Crippen LogP contribution in [0.2, 0.25) is 0 Å². The van der Waals surface area contributed by atoms with Crippen molar-refractivity contribution < 1.29 is 9.32 Å². The minimum Gasteiger partial charge on any atom is -0.353 e. The van der Waals surface area contributed by atoms with Gasteiger partial charge in [-0.1, -0.05) is 55.3 Å². The van der Waals surface area contributed by atoms with E-state index in [9.17, 15) is 4.79 Å². The maximum absolute atomic E-state index is 12.7. The second-order valence-electron chi connectivity index (χ2n) is 8.30. The molecule has 28 heavy (non-hydrogen) atoms. The van der Waals surface area contributed by atoms with Crippen molar-refractivity contribution in [2.45, 2.75) is 58.0 Å². The minimum absolute atomic E-state index is 0.132. The van der Waals surface area contributed by atoms with E-state index in [1.165, 1.54) is 19.3 Å². The van der Waals surface area contributed by atoms with Crippen LogP contribution in [0.4, 0.5) is 0 Å². The van der Waals surface area contributed by atoms with Crippen LogP contribution in [0.15, 0.2) is 34.9 Å². The first-order valence-corrected chi connectivity index (χ1v) is 10.6. The molecule has 1 saturated heterocycles. The number of piperidine rings is 1. The number of nitrogens with one attached hydrogen (secondary N) is 1. The van der Waals surface area contributed by atoms with Crippen LogP contribution in [0.5, 0.6) is 0 Å². The zero-order valence-corrected chi connectivity index (χ0v) is 16.6. The lowest BCUT2D eigenvalue weighted by Gasteiger charge is -2.34. The number of carbonyl (C=O) groups excluding carboxylic acids is 1. The zero-order valence-electron chi connectivity index (χ0n) is 16.6. The lowest BCUT2D eigenvalue weighted by atomic mass is 9.85. The Kier molecular flexibility index (Phi) is 6.05. The molecule has 0 radical (unpaired) electrons. The molecule has 6 nitrogen and oxygen atoms in total. The van der Waals surface area contributed by atoms with Crippen molar-refractivity contribution in [3.63, 3.8) is 0 Å². The molecular formula is C22H30N4O2. The SMILES string of the molecule is C[C@H]1CCCC[C@@H]1NC(=O)C1CCN(Cc2nc(-c3ccccc3)no2)CC1. The highest BCUT2D eigenvalue weighted by molar-refractivity contribution is 5.79. The molecule has 4 rings (SSSR count). The second kappa shape index (κ2) is 8.86. The smallest absolute Gasteiger partial charge is 0.241 e. The number of likely N-dealkylation sites (tertiary alicyclic amines) is 1. The third-order valence-corrected chi connectivity index (χ3v) is 6.26. The normalized spacial score (nSPS) is 24.2. The molecule has 0 bridgehead atoms. The summed E-state index contributed by atoms with van der Waals surface area (Å²) in [7, 11) is 0. The molecule has 1 N–H and O–H groups in total. The topological polar surface area (TPSA) is 71.3 Å². The molecule has 2 aromatic rings. The summed E-state index contributed by atoms with van der Waals surface area (Å²) >= 11 is 0. The first-order chi connectivity index (χ1) is 13.7. The van der Waals surface area contributed by atoms with Crippen molar-refractivity contribution in [3.05, 3.63) is 36.2 Å². The first kappa shape index (κ1) is 19.1. The van der Waals surface area contributed by atoms with Gasteiger partial charge in [-0.05, 0) is 44.7 Å². The molecule has 150 valence electrons. The van der Waals surface area contributed by atoms with Gasteiger partial charge in [-0.2, -0.15) is 4.98 Å². The summed E-state index contributed by atoms with van der Waals surface area (Å²) in [6, 6.07) is 10.2. The van der Waals surface area contributed by atoms with E-state index in [4.69, 9.17) is 4.52 Å². The largest absolute Gasteiger partial charge is 0.353 e. The number of nitrogens with zero attached hydrogens (tertiary/aromatic N) is 3. The highest BCUT2D eigenvalue weighted by Gasteiger charge is 2.29. The molecule has 6 heteroatoms. The van der Waals surface area contributed by atoms with Crippen molar-refractivity contribution in [2.24, 2.45) is 11.8 Å². The Morgan fingerprint density at radius 3 is 2.64 bits per heavy atom. The van der Waals surface area contributed by atoms with Crippen LogP contribution in [0.1, 0.15) is 51.3 Å². The highest BCUT2D eigenvalue weighted by Crippen LogP contribution is 2.25. The van der Waals surface area contributed by atoms with Gasteiger partial charge in [0.15, 0.2) is 0 Å². The first-order valence-electron chi connectivity index (χ1n) is 10.6. The van der Waals surface area contributed by atoms with E-state index in [0.29, 0.717) is 30.2 Å². The maximum Gasteiger partial charge on any atom is 0.241 e. The predicted molar refractivity (Wildman–Crippen MR) is 107 cm³/mol. The van der Waals surface area contributed by atoms with Crippen molar-refractivity contribution in [2.75, 3.05) is 13.1 Å². The molecule has 1 aromatic carbocycles. The van der Waals surface area contributed by atoms with Crippen molar-refractivity contribution in [1.29, 1.82) is 0 Å². The number of aromatic nitrogens is 2. The fourth-order valence-corrected chi connectivity index (χ4v) is 4.40. The van der Waals surface area contributed by atoms with E-state index < -0.39 is 0 Å². The number of rotatable bonds is 5. The second-order valence-corrected chi connectivity index (χ2v) is 8.30. The van der Waals surface area contributed by atoms with Gasteiger partial charge in [-0.25, -0.2) is 0 Å². The molecule has 2 heterocycles. The summed E-state index contributed by atoms with van der Waals surface area (Å²) in [6.07, 6.45) is 6.70. The Morgan fingerprint density at radius 2 is 1.89 bits per heavy atom. The van der Waals surface area contributed by atoms with Crippen molar-refractivity contribution in [1.82, 2.24) is 20.4 Å². The third kappa shape index (κ3) is 4.61. The number of benzene rings is 1. The fourth-order valence-electron chi connectivity index (χ4n) is 4.40. The van der Waals surface area contributed by atoms with Crippen LogP contribution in [-0.2, 0) is 11.3 Å². The lowest BCUT2D eigenvalue weighted by Crippen LogP contribution is -2.46. The van der Waals surface area contributed by atoms with Gasteiger partial charge in [0.05, 0.1) is 6.54 Å². The van der Waals surface area contributed by atoms with Gasteiger partial charge in [0.25, 0.3) is 0 Å². The van der Waals surface area contributed by atoms with Gasteiger partial charge in [0.1, 0.15) is 0 Å². The summed E-state index contributed by atoms with van der Waals surface area (Å²) in [6.45, 7) is 4.69. The molecule has 1 saturated carbocycles. The molecular weight excluding hydrogens is 352 g/mol. The average molecular weight is 383 g/mol. The van der Waals surface area contributed by atoms with Crippen LogP contribution in [0.25, 0.3) is 11.4 Å². The summed E-state index contributed by atoms with van der Waals surface area (Å²) in [5.41, 5.74) is 0.963. The van der Waals surface area contributed by atoms with E-state index in [2.05, 4.69) is 27.3 Å². The Hall–Kier alpha value is -2.21. The molecule has 1 aliphatic carbocycles. The molecule has 2 aliphatic rings. The van der Waals surface area contributed by atoms with E-state index in [-0.39, 0.29) is 11.8 Å². The van der Waals surface area contributed by atoms with Crippen molar-refractivity contribution >= 4 is 5.91 Å². The number of amides is 1. The van der Waals surface area contributed by atoms with Crippen LogP contribution in [0, 0.1) is 11.8 Å². The van der Waals surface area contributed by atoms with E-state index >= 15 is 0 Å². The molecule has 1 amide bonds. The summed E-state index contributed by atoms with van der Waals surface area (Å²) < 4.78 is 5.43. The Balaban J connectivity index is 1.25. The van der Waals surface area contributed by atoms with Gasteiger partial charge in [0, 0.05) is 17.5 Å². The fraction of sp³-hybridized carbons (Fsp3) is 0.591. The average Bonchev–Trinajstić information content (AvgIpc) is 3.19. The van der Waals surface area contributed by atoms with Crippen LogP contribution < -0.4 is 5.32 Å². The van der Waals surface area contributed by atoms with Gasteiger partial charge in [-0.3, -0.25) is 9.69 Å². The monoisotopic (exact) mass is 382 g/mol. The van der Waals surface area contributed by atoms with Crippen LogP contribution in [0.3, 0.4) is 0 Å². The van der Waals surface area contributed by atoms with Crippen molar-refractivity contribution in [3.8, 4) is 11.4 Å². The van der Waals surface area contributed by atoms with Gasteiger partial charge in [-0.15, -0.1) is 0 Å². The van der Waals surface area contributed by atoms with Gasteiger partial charge < -0.3 is 9.84 Å². The quantitative estimate of drug-likeness (QED) is 0.855. The summed E-state index contributed by atoms with van der Waals surface area (Å²) in [5.74, 6) is 2.26. The molecule has 2 atom stereocenters. The van der Waals surface area contributed by atoms with E-state index in [1.54, 1.807) is 0 Å². The highest BCUT2D eigenvalue weighted by atomic mass is 16.5. The third-order valence-electron chi connectivity index (χ3n) is 6.26. The van der Waals surface area contributed by atoms with Gasteiger partial charge in [0.2, 0.25) is 17.6 Å². The van der Waals surface area contributed by atoms with Crippen LogP contribution >= 0.6 is 0 Å². The summed E-state index contributed by atoms with van der Waals surface area (Å²) in [4.78, 5) is 19.5. The Labute approximate surface area is 166 Å². The number of hydrogen-bond donors (Lipinski definition) is 1. The molecule has 1 aliphatic heterocycles. The minimum atomic E-state index is 0.132. The van der Waals surface area contributed by atoms with Gasteiger partial charge >= 0.3 is 0 Å². The number of hydrogen-bond acceptors (Lipinski definition) is 5. The van der Waals surface area contributed by atoms with E-state index in [0.717, 1.165) is 37.9 Å². The lowest BCUT2D eigenvalue weighted by molar-refractivity contribution is -0.127.